The summed E-state index contributed by atoms with van der Waals surface area (Å²) in [6.07, 6.45) is 4.15. The number of nitrogens with one attached hydrogen (secondary N) is 1. The third-order valence-corrected chi connectivity index (χ3v) is 6.48. The van der Waals surface area contributed by atoms with Gasteiger partial charge in [-0.1, -0.05) is 12.5 Å². The number of carbonyl (C=O) groups is 2. The van der Waals surface area contributed by atoms with E-state index in [4.69, 9.17) is 5.11 Å². The molecule has 1 aromatic heterocycles. The van der Waals surface area contributed by atoms with Gasteiger partial charge in [0.2, 0.25) is 5.91 Å². The standard InChI is InChI=1S/C20H27N3O4/c24-18-6-2-5-16-14-9-15(12-22(11-14)8-7-19(25)26)17(23(16)18)10-21-20(27)13-3-1-4-13/h2,5-6,13-15,17H,1,3-4,7-12H2,(H,21,27)(H,25,26)/t14-,15+,17+/m1/s1. The van der Waals surface area contributed by atoms with Crippen molar-refractivity contribution in [3.05, 3.63) is 34.2 Å². The van der Waals surface area contributed by atoms with E-state index in [0.717, 1.165) is 44.5 Å². The zero-order chi connectivity index (χ0) is 19.0. The lowest BCUT2D eigenvalue weighted by atomic mass is 9.78. The molecule has 2 aliphatic heterocycles. The van der Waals surface area contributed by atoms with Gasteiger partial charge in [0.25, 0.3) is 5.56 Å². The predicted molar refractivity (Wildman–Crippen MR) is 99.6 cm³/mol. The summed E-state index contributed by atoms with van der Waals surface area (Å²) in [6, 6.07) is 5.33. The molecule has 3 atom stereocenters. The Morgan fingerprint density at radius 2 is 2.04 bits per heavy atom. The number of carboxylic acids is 1. The van der Waals surface area contributed by atoms with Crippen LogP contribution >= 0.6 is 0 Å². The first kappa shape index (κ1) is 18.2. The van der Waals surface area contributed by atoms with Crippen molar-refractivity contribution < 1.29 is 14.7 Å². The highest BCUT2D eigenvalue weighted by Crippen LogP contribution is 2.40. The molecule has 4 rings (SSSR count). The number of likely N-dealkylation sites (tertiary alicyclic amines) is 1. The van der Waals surface area contributed by atoms with Gasteiger partial charge in [-0.05, 0) is 31.2 Å². The molecule has 7 nitrogen and oxygen atoms in total. The summed E-state index contributed by atoms with van der Waals surface area (Å²) in [7, 11) is 0. The maximum atomic E-state index is 12.6. The molecule has 1 saturated heterocycles. The summed E-state index contributed by atoms with van der Waals surface area (Å²) in [5.74, 6) is -0.0669. The molecule has 1 aliphatic carbocycles. The SMILES string of the molecule is O=C(O)CCN1C[C@H]2C[C@@H](C1)[C@H](CNC(=O)C1CCC1)n1c2cccc1=O. The highest BCUT2D eigenvalue weighted by Gasteiger charge is 2.40. The van der Waals surface area contributed by atoms with Gasteiger partial charge in [0.1, 0.15) is 0 Å². The second-order valence-corrected chi connectivity index (χ2v) is 8.20. The average molecular weight is 373 g/mol. The minimum absolute atomic E-state index is 0.0101. The number of hydrogen-bond acceptors (Lipinski definition) is 4. The van der Waals surface area contributed by atoms with Crippen LogP contribution in [-0.2, 0) is 9.59 Å². The highest BCUT2D eigenvalue weighted by atomic mass is 16.4. The molecule has 0 unspecified atom stereocenters. The minimum Gasteiger partial charge on any atom is -0.481 e. The third kappa shape index (κ3) is 3.65. The number of carboxylic acid groups (broad SMARTS) is 1. The van der Waals surface area contributed by atoms with Gasteiger partial charge in [-0.25, -0.2) is 0 Å². The molecule has 0 radical (unpaired) electrons. The molecular weight excluding hydrogens is 346 g/mol. The van der Waals surface area contributed by atoms with Crippen molar-refractivity contribution in [2.24, 2.45) is 11.8 Å². The molecule has 2 N–H and O–H groups in total. The fourth-order valence-electron chi connectivity index (χ4n) is 4.86. The zero-order valence-corrected chi connectivity index (χ0v) is 15.5. The van der Waals surface area contributed by atoms with Gasteiger partial charge in [-0.3, -0.25) is 14.4 Å². The molecule has 146 valence electrons. The smallest absolute Gasteiger partial charge is 0.304 e. The van der Waals surface area contributed by atoms with Crippen molar-refractivity contribution in [2.45, 2.75) is 44.1 Å². The number of piperidine rings is 1. The Bertz CT molecular complexity index is 786. The quantitative estimate of drug-likeness (QED) is 0.782. The van der Waals surface area contributed by atoms with Crippen LogP contribution in [0, 0.1) is 11.8 Å². The lowest BCUT2D eigenvalue weighted by Gasteiger charge is -2.47. The number of amides is 1. The van der Waals surface area contributed by atoms with Crippen LogP contribution in [0.1, 0.15) is 49.8 Å². The molecular formula is C20H27N3O4. The summed E-state index contributed by atoms with van der Waals surface area (Å²) >= 11 is 0. The van der Waals surface area contributed by atoms with Gasteiger partial charge >= 0.3 is 5.97 Å². The largest absolute Gasteiger partial charge is 0.481 e. The van der Waals surface area contributed by atoms with Gasteiger partial charge in [0, 0.05) is 49.8 Å². The summed E-state index contributed by atoms with van der Waals surface area (Å²) in [5, 5.41) is 12.1. The molecule has 1 amide bonds. The fraction of sp³-hybridized carbons (Fsp3) is 0.650. The van der Waals surface area contributed by atoms with Crippen molar-refractivity contribution in [2.75, 3.05) is 26.2 Å². The van der Waals surface area contributed by atoms with Gasteiger partial charge in [-0.15, -0.1) is 0 Å². The number of rotatable bonds is 6. The van der Waals surface area contributed by atoms with E-state index in [1.807, 2.05) is 10.6 Å². The predicted octanol–water partition coefficient (Wildman–Crippen LogP) is 1.20. The lowest BCUT2D eigenvalue weighted by molar-refractivity contribution is -0.137. The number of hydrogen-bond donors (Lipinski definition) is 2. The maximum absolute atomic E-state index is 12.6. The van der Waals surface area contributed by atoms with Crippen molar-refractivity contribution in [3.63, 3.8) is 0 Å². The monoisotopic (exact) mass is 373 g/mol. The molecule has 2 bridgehead atoms. The van der Waals surface area contributed by atoms with Crippen LogP contribution in [0.4, 0.5) is 0 Å². The first-order chi connectivity index (χ1) is 13.0. The molecule has 0 aromatic carbocycles. The van der Waals surface area contributed by atoms with Crippen LogP contribution in [0.3, 0.4) is 0 Å². The topological polar surface area (TPSA) is 91.6 Å². The van der Waals surface area contributed by atoms with E-state index in [9.17, 15) is 14.4 Å². The number of fused-ring (bicyclic) bond motifs is 4. The molecule has 0 spiro atoms. The summed E-state index contributed by atoms with van der Waals surface area (Å²) in [6.45, 7) is 2.56. The Kier molecular flexibility index (Phi) is 5.04. The molecule has 3 heterocycles. The van der Waals surface area contributed by atoms with Gasteiger partial charge in [-0.2, -0.15) is 0 Å². The first-order valence-corrected chi connectivity index (χ1v) is 9.96. The van der Waals surface area contributed by atoms with Crippen LogP contribution in [0.25, 0.3) is 0 Å². The number of pyridine rings is 1. The van der Waals surface area contributed by atoms with Crippen molar-refractivity contribution in [1.82, 2.24) is 14.8 Å². The average Bonchev–Trinajstić information content (AvgIpc) is 2.59. The highest BCUT2D eigenvalue weighted by molar-refractivity contribution is 5.79. The first-order valence-electron chi connectivity index (χ1n) is 9.96. The third-order valence-electron chi connectivity index (χ3n) is 6.48. The van der Waals surface area contributed by atoms with Gasteiger partial charge < -0.3 is 19.9 Å². The second-order valence-electron chi connectivity index (χ2n) is 8.20. The molecule has 7 heteroatoms. The van der Waals surface area contributed by atoms with Crippen molar-refractivity contribution in [3.8, 4) is 0 Å². The van der Waals surface area contributed by atoms with E-state index < -0.39 is 5.97 Å². The van der Waals surface area contributed by atoms with Gasteiger partial charge in [0.05, 0.1) is 12.5 Å². The Morgan fingerprint density at radius 3 is 2.74 bits per heavy atom. The van der Waals surface area contributed by atoms with Crippen LogP contribution in [0.5, 0.6) is 0 Å². The molecule has 1 saturated carbocycles. The van der Waals surface area contributed by atoms with E-state index in [0.29, 0.717) is 13.1 Å². The van der Waals surface area contributed by atoms with E-state index in [1.54, 1.807) is 12.1 Å². The van der Waals surface area contributed by atoms with Crippen LogP contribution < -0.4 is 10.9 Å². The Hall–Kier alpha value is -2.15. The number of aliphatic carboxylic acids is 1. The number of carbonyl (C=O) groups excluding carboxylic acids is 1. The second kappa shape index (κ2) is 7.46. The lowest BCUT2D eigenvalue weighted by Crippen LogP contribution is -2.52. The van der Waals surface area contributed by atoms with Crippen LogP contribution in [0.2, 0.25) is 0 Å². The Morgan fingerprint density at radius 1 is 1.22 bits per heavy atom. The summed E-state index contributed by atoms with van der Waals surface area (Å²) < 4.78 is 1.88. The minimum atomic E-state index is -0.785. The van der Waals surface area contributed by atoms with Crippen LogP contribution in [0.15, 0.2) is 23.0 Å². The molecule has 1 aromatic rings. The molecule has 27 heavy (non-hydrogen) atoms. The normalized spacial score (nSPS) is 27.5. The van der Waals surface area contributed by atoms with E-state index in [2.05, 4.69) is 10.2 Å². The van der Waals surface area contributed by atoms with Crippen molar-refractivity contribution in [1.29, 1.82) is 0 Å². The molecule has 2 fully saturated rings. The number of aromatic nitrogens is 1. The van der Waals surface area contributed by atoms with Gasteiger partial charge in [0.15, 0.2) is 0 Å². The molecule has 3 aliphatic rings. The van der Waals surface area contributed by atoms with E-state index in [-0.39, 0.29) is 41.7 Å². The van der Waals surface area contributed by atoms with E-state index >= 15 is 0 Å². The summed E-state index contributed by atoms with van der Waals surface area (Å²) in [5.41, 5.74) is 1.01. The van der Waals surface area contributed by atoms with E-state index in [1.165, 1.54) is 0 Å². The van der Waals surface area contributed by atoms with Crippen molar-refractivity contribution >= 4 is 11.9 Å². The number of nitrogens with zero attached hydrogens (tertiary/aromatic N) is 2. The summed E-state index contributed by atoms with van der Waals surface area (Å²) in [4.78, 5) is 38.1. The Labute approximate surface area is 158 Å². The van der Waals surface area contributed by atoms with Crippen LogP contribution in [-0.4, -0.2) is 52.6 Å². The maximum Gasteiger partial charge on any atom is 0.304 e. The zero-order valence-electron chi connectivity index (χ0n) is 15.5. The Balaban J connectivity index is 1.55. The fourth-order valence-corrected chi connectivity index (χ4v) is 4.86.